The molecule has 25 heavy (non-hydrogen) atoms. The molecule has 2 aromatic rings. The maximum Gasteiger partial charge on any atom is 0.0589 e. The number of aromatic nitrogens is 1. The third kappa shape index (κ3) is 6.19. The molecule has 0 bridgehead atoms. The van der Waals surface area contributed by atoms with Crippen LogP contribution in [-0.2, 0) is 17.8 Å². The van der Waals surface area contributed by atoms with E-state index in [0.29, 0.717) is 0 Å². The number of rotatable bonds is 9. The van der Waals surface area contributed by atoms with E-state index in [4.69, 9.17) is 4.74 Å². The lowest BCUT2D eigenvalue weighted by atomic mass is 9.96. The third-order valence-corrected chi connectivity index (χ3v) is 5.71. The SMILES string of the molecule is COCCN1CCC(CN(Cc2ccncc2)Cc2ccsc2)CC1. The maximum atomic E-state index is 5.21. The molecular weight excluding hydrogens is 330 g/mol. The molecule has 0 amide bonds. The number of thiophene rings is 1. The molecule has 2 aromatic heterocycles. The van der Waals surface area contributed by atoms with Gasteiger partial charge < -0.3 is 9.64 Å². The monoisotopic (exact) mass is 359 g/mol. The van der Waals surface area contributed by atoms with Crippen molar-refractivity contribution in [3.8, 4) is 0 Å². The van der Waals surface area contributed by atoms with Gasteiger partial charge in [-0.15, -0.1) is 0 Å². The summed E-state index contributed by atoms with van der Waals surface area (Å²) < 4.78 is 5.21. The highest BCUT2D eigenvalue weighted by molar-refractivity contribution is 7.07. The molecule has 1 fully saturated rings. The van der Waals surface area contributed by atoms with Crippen molar-refractivity contribution in [2.45, 2.75) is 25.9 Å². The van der Waals surface area contributed by atoms with Crippen molar-refractivity contribution in [2.24, 2.45) is 5.92 Å². The van der Waals surface area contributed by atoms with E-state index in [9.17, 15) is 0 Å². The molecule has 0 aromatic carbocycles. The summed E-state index contributed by atoms with van der Waals surface area (Å²) in [6.07, 6.45) is 6.37. The Kier molecular flexibility index (Phi) is 7.42. The Balaban J connectivity index is 1.54. The topological polar surface area (TPSA) is 28.6 Å². The Morgan fingerprint density at radius 3 is 2.60 bits per heavy atom. The number of pyridine rings is 1. The Bertz CT molecular complexity index is 582. The minimum absolute atomic E-state index is 0.791. The lowest BCUT2D eigenvalue weighted by molar-refractivity contribution is 0.104. The van der Waals surface area contributed by atoms with Crippen molar-refractivity contribution in [1.29, 1.82) is 0 Å². The second-order valence-electron chi connectivity index (χ2n) is 6.93. The van der Waals surface area contributed by atoms with Crippen LogP contribution >= 0.6 is 11.3 Å². The lowest BCUT2D eigenvalue weighted by Gasteiger charge is -2.34. The van der Waals surface area contributed by atoms with Crippen LogP contribution in [0.15, 0.2) is 41.4 Å². The highest BCUT2D eigenvalue weighted by Gasteiger charge is 2.21. The first-order valence-corrected chi connectivity index (χ1v) is 10.1. The van der Waals surface area contributed by atoms with Crippen molar-refractivity contribution < 1.29 is 4.74 Å². The van der Waals surface area contributed by atoms with Gasteiger partial charge in [0, 0.05) is 45.7 Å². The van der Waals surface area contributed by atoms with E-state index in [1.54, 1.807) is 18.4 Å². The predicted molar refractivity (Wildman–Crippen MR) is 104 cm³/mol. The Labute approximate surface area is 155 Å². The fourth-order valence-electron chi connectivity index (χ4n) is 3.55. The average Bonchev–Trinajstić information content (AvgIpc) is 3.15. The van der Waals surface area contributed by atoms with Crippen LogP contribution in [0.2, 0.25) is 0 Å². The van der Waals surface area contributed by atoms with Crippen LogP contribution in [0.5, 0.6) is 0 Å². The normalized spacial score (nSPS) is 16.6. The largest absolute Gasteiger partial charge is 0.383 e. The number of nitrogens with zero attached hydrogens (tertiary/aromatic N) is 3. The van der Waals surface area contributed by atoms with E-state index in [-0.39, 0.29) is 0 Å². The lowest BCUT2D eigenvalue weighted by Crippen LogP contribution is -2.39. The molecule has 5 heteroatoms. The molecule has 0 unspecified atom stereocenters. The van der Waals surface area contributed by atoms with Gasteiger partial charge in [-0.25, -0.2) is 0 Å². The van der Waals surface area contributed by atoms with Crippen LogP contribution in [0.25, 0.3) is 0 Å². The molecule has 3 rings (SSSR count). The second-order valence-corrected chi connectivity index (χ2v) is 7.71. The Hall–Kier alpha value is -1.27. The van der Waals surface area contributed by atoms with Crippen LogP contribution < -0.4 is 0 Å². The predicted octanol–water partition coefficient (Wildman–Crippen LogP) is 3.50. The summed E-state index contributed by atoms with van der Waals surface area (Å²) in [6.45, 7) is 7.54. The number of methoxy groups -OCH3 is 1. The smallest absolute Gasteiger partial charge is 0.0589 e. The molecule has 0 aliphatic carbocycles. The van der Waals surface area contributed by atoms with Gasteiger partial charge in [-0.2, -0.15) is 11.3 Å². The van der Waals surface area contributed by atoms with Gasteiger partial charge in [-0.1, -0.05) is 0 Å². The minimum atomic E-state index is 0.791. The van der Waals surface area contributed by atoms with E-state index in [2.05, 4.69) is 43.7 Å². The summed E-state index contributed by atoms with van der Waals surface area (Å²) in [5, 5.41) is 4.45. The van der Waals surface area contributed by atoms with Crippen LogP contribution in [0, 0.1) is 5.92 Å². The van der Waals surface area contributed by atoms with Crippen LogP contribution in [0.3, 0.4) is 0 Å². The number of hydrogen-bond acceptors (Lipinski definition) is 5. The van der Waals surface area contributed by atoms with Gasteiger partial charge in [0.25, 0.3) is 0 Å². The average molecular weight is 360 g/mol. The zero-order chi connectivity index (χ0) is 17.3. The molecule has 0 radical (unpaired) electrons. The molecule has 0 saturated carbocycles. The van der Waals surface area contributed by atoms with Gasteiger partial charge in [-0.3, -0.25) is 9.88 Å². The van der Waals surface area contributed by atoms with E-state index in [1.165, 1.54) is 43.6 Å². The zero-order valence-corrected chi connectivity index (χ0v) is 16.0. The van der Waals surface area contributed by atoms with Crippen LogP contribution in [-0.4, -0.2) is 54.7 Å². The molecule has 0 N–H and O–H groups in total. The fraction of sp³-hybridized carbons (Fsp3) is 0.550. The summed E-state index contributed by atoms with van der Waals surface area (Å²) in [6, 6.07) is 6.51. The summed E-state index contributed by atoms with van der Waals surface area (Å²) in [7, 11) is 1.79. The summed E-state index contributed by atoms with van der Waals surface area (Å²) in [4.78, 5) is 9.28. The highest BCUT2D eigenvalue weighted by atomic mass is 32.1. The van der Waals surface area contributed by atoms with Gasteiger partial charge in [0.15, 0.2) is 0 Å². The van der Waals surface area contributed by atoms with E-state index < -0.39 is 0 Å². The molecule has 1 aliphatic rings. The van der Waals surface area contributed by atoms with Crippen molar-refractivity contribution in [3.05, 3.63) is 52.5 Å². The molecule has 136 valence electrons. The molecule has 0 spiro atoms. The van der Waals surface area contributed by atoms with Gasteiger partial charge in [0.05, 0.1) is 6.61 Å². The number of ether oxygens (including phenoxy) is 1. The van der Waals surface area contributed by atoms with Crippen LogP contribution in [0.4, 0.5) is 0 Å². The van der Waals surface area contributed by atoms with Gasteiger partial charge in [0.1, 0.15) is 0 Å². The summed E-state index contributed by atoms with van der Waals surface area (Å²) in [5.41, 5.74) is 2.78. The van der Waals surface area contributed by atoms with Crippen molar-refractivity contribution in [1.82, 2.24) is 14.8 Å². The molecule has 4 nitrogen and oxygen atoms in total. The molecule has 1 saturated heterocycles. The van der Waals surface area contributed by atoms with Crippen molar-refractivity contribution in [2.75, 3.05) is 39.9 Å². The number of hydrogen-bond donors (Lipinski definition) is 0. The van der Waals surface area contributed by atoms with Crippen molar-refractivity contribution >= 4 is 11.3 Å². The first kappa shape index (κ1) is 18.5. The first-order chi connectivity index (χ1) is 12.3. The summed E-state index contributed by atoms with van der Waals surface area (Å²) >= 11 is 1.79. The van der Waals surface area contributed by atoms with Gasteiger partial charge >= 0.3 is 0 Å². The molecule has 1 aliphatic heterocycles. The molecule has 3 heterocycles. The van der Waals surface area contributed by atoms with E-state index in [0.717, 1.165) is 32.2 Å². The van der Waals surface area contributed by atoms with Gasteiger partial charge in [0.2, 0.25) is 0 Å². The summed E-state index contributed by atoms with van der Waals surface area (Å²) in [5.74, 6) is 0.791. The Morgan fingerprint density at radius 2 is 1.92 bits per heavy atom. The molecule has 0 atom stereocenters. The quantitative estimate of drug-likeness (QED) is 0.685. The third-order valence-electron chi connectivity index (χ3n) is 4.98. The highest BCUT2D eigenvalue weighted by Crippen LogP contribution is 2.21. The van der Waals surface area contributed by atoms with E-state index >= 15 is 0 Å². The second kappa shape index (κ2) is 10.0. The number of likely N-dealkylation sites (tertiary alicyclic amines) is 1. The van der Waals surface area contributed by atoms with Crippen LogP contribution in [0.1, 0.15) is 24.0 Å². The number of piperidine rings is 1. The first-order valence-electron chi connectivity index (χ1n) is 9.17. The minimum Gasteiger partial charge on any atom is -0.383 e. The molecular formula is C20H29N3OS. The maximum absolute atomic E-state index is 5.21. The fourth-order valence-corrected chi connectivity index (χ4v) is 4.21. The zero-order valence-electron chi connectivity index (χ0n) is 15.1. The standard InChI is InChI=1S/C20H29N3OS/c1-24-12-11-22-9-4-19(5-10-22)15-23(16-20-6-13-25-17-20)14-18-2-7-21-8-3-18/h2-3,6-8,13,17,19H,4-5,9-12,14-16H2,1H3. The van der Waals surface area contributed by atoms with Crippen molar-refractivity contribution in [3.63, 3.8) is 0 Å². The van der Waals surface area contributed by atoms with Gasteiger partial charge in [-0.05, 0) is 71.9 Å². The van der Waals surface area contributed by atoms with E-state index in [1.807, 2.05) is 12.4 Å². The Morgan fingerprint density at radius 1 is 1.16 bits per heavy atom.